The topological polar surface area (TPSA) is 88.0 Å². The zero-order valence-corrected chi connectivity index (χ0v) is 21.6. The van der Waals surface area contributed by atoms with Gasteiger partial charge in [-0.25, -0.2) is 0 Å². The molecule has 0 saturated heterocycles. The van der Waals surface area contributed by atoms with Gasteiger partial charge in [0.05, 0.1) is 24.9 Å². The Labute approximate surface area is 198 Å². The molecule has 0 amide bonds. The van der Waals surface area contributed by atoms with E-state index in [1.165, 1.54) is 0 Å². The van der Waals surface area contributed by atoms with E-state index in [4.69, 9.17) is 9.47 Å². The summed E-state index contributed by atoms with van der Waals surface area (Å²) in [6, 6.07) is 9.86. The largest absolute Gasteiger partial charge is 0.493 e. The molecule has 0 aromatic heterocycles. The van der Waals surface area contributed by atoms with Crippen LogP contribution in [-0.4, -0.2) is 23.5 Å². The maximum atomic E-state index is 12.5. The van der Waals surface area contributed by atoms with Gasteiger partial charge in [-0.15, -0.1) is 0 Å². The molecule has 2 aromatic carbocycles. The van der Waals surface area contributed by atoms with E-state index < -0.39 is 12.8 Å². The molecule has 6 nitrogen and oxygen atoms in total. The van der Waals surface area contributed by atoms with Gasteiger partial charge in [-0.2, -0.15) is 0 Å². The van der Waals surface area contributed by atoms with Gasteiger partial charge in [-0.3, -0.25) is 4.57 Å². The highest BCUT2D eigenvalue weighted by Gasteiger charge is 2.49. The molecule has 0 saturated carbocycles. The summed E-state index contributed by atoms with van der Waals surface area (Å²) < 4.78 is 25.2. The van der Waals surface area contributed by atoms with Crippen LogP contribution in [0.3, 0.4) is 0 Å². The molecule has 0 bridgehead atoms. The van der Waals surface area contributed by atoms with Crippen molar-refractivity contribution in [1.82, 2.24) is 0 Å². The molecule has 174 valence electrons. The lowest BCUT2D eigenvalue weighted by molar-refractivity contribution is 0.131. The molecule has 2 atom stereocenters. The van der Waals surface area contributed by atoms with Gasteiger partial charge in [0.25, 0.3) is 0 Å². The Hall–Kier alpha value is -1.53. The number of benzene rings is 2. The number of anilines is 1. The molecule has 2 aliphatic rings. The molecule has 3 N–H and O–H groups in total. The minimum absolute atomic E-state index is 0.0300. The molecule has 32 heavy (non-hydrogen) atoms. The second-order valence-corrected chi connectivity index (χ2v) is 12.2. The van der Waals surface area contributed by atoms with Crippen LogP contribution in [0.5, 0.6) is 11.5 Å². The first-order valence-corrected chi connectivity index (χ1v) is 13.4. The lowest BCUT2D eigenvalue weighted by Gasteiger charge is -2.49. The lowest BCUT2D eigenvalue weighted by atomic mass is 9.65. The molecular formula is C24H31BrNO5P. The van der Waals surface area contributed by atoms with E-state index >= 15 is 0 Å². The number of rotatable bonds is 5. The zero-order valence-electron chi connectivity index (χ0n) is 19.1. The molecule has 2 heterocycles. The van der Waals surface area contributed by atoms with Crippen LogP contribution >= 0.6 is 23.5 Å². The fourth-order valence-electron chi connectivity index (χ4n) is 5.51. The highest BCUT2D eigenvalue weighted by Crippen LogP contribution is 2.62. The van der Waals surface area contributed by atoms with E-state index in [2.05, 4.69) is 41.2 Å². The number of fused-ring (bicyclic) bond motifs is 4. The van der Waals surface area contributed by atoms with Crippen LogP contribution in [0.1, 0.15) is 63.3 Å². The van der Waals surface area contributed by atoms with Crippen molar-refractivity contribution < 1.29 is 23.8 Å². The molecule has 0 radical (unpaired) electrons. The molecule has 0 unspecified atom stereocenters. The molecule has 0 fully saturated rings. The van der Waals surface area contributed by atoms with E-state index in [9.17, 15) is 14.4 Å². The van der Waals surface area contributed by atoms with Gasteiger partial charge in [-0.1, -0.05) is 55.8 Å². The predicted molar refractivity (Wildman–Crippen MR) is 130 cm³/mol. The van der Waals surface area contributed by atoms with E-state index in [0.717, 1.165) is 27.0 Å². The van der Waals surface area contributed by atoms with Crippen molar-refractivity contribution >= 4 is 29.2 Å². The van der Waals surface area contributed by atoms with Crippen molar-refractivity contribution in [3.8, 4) is 11.5 Å². The molecule has 2 aromatic rings. The molecule has 0 aliphatic carbocycles. The van der Waals surface area contributed by atoms with Crippen LogP contribution < -0.4 is 14.8 Å². The number of hydrogen-bond acceptors (Lipinski definition) is 4. The third kappa shape index (κ3) is 3.40. The van der Waals surface area contributed by atoms with Crippen molar-refractivity contribution in [2.24, 2.45) is 5.92 Å². The van der Waals surface area contributed by atoms with Crippen molar-refractivity contribution in [2.45, 2.75) is 57.1 Å². The number of halogens is 1. The minimum Gasteiger partial charge on any atom is -0.493 e. The average Bonchev–Trinajstić information content (AvgIpc) is 2.73. The van der Waals surface area contributed by atoms with E-state index in [-0.39, 0.29) is 17.4 Å². The van der Waals surface area contributed by atoms with Gasteiger partial charge < -0.3 is 24.6 Å². The fraction of sp³-hybridized carbons (Fsp3) is 0.500. The molecule has 0 spiro atoms. The van der Waals surface area contributed by atoms with Crippen LogP contribution in [0.4, 0.5) is 5.69 Å². The Bertz CT molecular complexity index is 1090. The normalized spacial score (nSPS) is 21.5. The average molecular weight is 524 g/mol. The Kier molecular flexibility index (Phi) is 5.94. The second-order valence-electron chi connectivity index (χ2n) is 9.33. The fourth-order valence-corrected chi connectivity index (χ4v) is 7.27. The van der Waals surface area contributed by atoms with Crippen molar-refractivity contribution in [3.05, 3.63) is 51.5 Å². The van der Waals surface area contributed by atoms with E-state index in [1.54, 1.807) is 7.11 Å². The summed E-state index contributed by atoms with van der Waals surface area (Å²) in [7, 11) is -2.72. The van der Waals surface area contributed by atoms with E-state index in [0.29, 0.717) is 30.8 Å². The predicted octanol–water partition coefficient (Wildman–Crippen LogP) is 6.10. The van der Waals surface area contributed by atoms with Crippen LogP contribution in [0, 0.1) is 5.92 Å². The monoisotopic (exact) mass is 523 g/mol. The third-order valence-corrected chi connectivity index (χ3v) is 10.1. The van der Waals surface area contributed by atoms with Crippen LogP contribution in [0.2, 0.25) is 0 Å². The Morgan fingerprint density at radius 2 is 1.94 bits per heavy atom. The molecule has 2 aliphatic heterocycles. The standard InChI is InChI=1S/C24H31BrNO5P/c1-6-24(7-2,32(27,28)29)14-8-9-19-17(10-14)23(3,4)18-13-31-22-16(21(18)26-19)11-15(25)12-20(22)30-5/h8-12,18,21,26H,6-7,13H2,1-5H3,(H2,27,28,29)/t18-,21-/m1/s1. The molecular weight excluding hydrogens is 493 g/mol. The van der Waals surface area contributed by atoms with Crippen LogP contribution in [-0.2, 0) is 15.1 Å². The second kappa shape index (κ2) is 8.05. The Morgan fingerprint density at radius 1 is 1.25 bits per heavy atom. The summed E-state index contributed by atoms with van der Waals surface area (Å²) in [5.41, 5.74) is 3.51. The van der Waals surface area contributed by atoms with Crippen molar-refractivity contribution in [2.75, 3.05) is 19.0 Å². The first-order valence-electron chi connectivity index (χ1n) is 11.0. The lowest BCUT2D eigenvalue weighted by Crippen LogP contribution is -2.46. The summed E-state index contributed by atoms with van der Waals surface area (Å²) in [4.78, 5) is 20.5. The summed E-state index contributed by atoms with van der Waals surface area (Å²) in [5, 5.41) is 2.51. The van der Waals surface area contributed by atoms with Gasteiger partial charge in [0, 0.05) is 27.1 Å². The Balaban J connectivity index is 1.85. The molecule has 4 rings (SSSR count). The minimum atomic E-state index is -4.36. The first-order chi connectivity index (χ1) is 15.0. The highest BCUT2D eigenvalue weighted by atomic mass is 79.9. The first kappa shape index (κ1) is 23.6. The summed E-state index contributed by atoms with van der Waals surface area (Å²) >= 11 is 3.59. The van der Waals surface area contributed by atoms with Gasteiger partial charge >= 0.3 is 7.60 Å². The van der Waals surface area contributed by atoms with E-state index in [1.807, 2.05) is 38.1 Å². The van der Waals surface area contributed by atoms with Crippen molar-refractivity contribution in [1.29, 1.82) is 0 Å². The zero-order chi connectivity index (χ0) is 23.5. The maximum Gasteiger partial charge on any atom is 0.335 e. The van der Waals surface area contributed by atoms with Gasteiger partial charge in [0.1, 0.15) is 0 Å². The van der Waals surface area contributed by atoms with Crippen LogP contribution in [0.25, 0.3) is 0 Å². The number of hydrogen-bond donors (Lipinski definition) is 3. The summed E-state index contributed by atoms with van der Waals surface area (Å²) in [5.74, 6) is 1.59. The Morgan fingerprint density at radius 3 is 2.53 bits per heavy atom. The third-order valence-electron chi connectivity index (χ3n) is 7.63. The quantitative estimate of drug-likeness (QED) is 0.410. The number of nitrogens with one attached hydrogen (secondary N) is 1. The van der Waals surface area contributed by atoms with Gasteiger partial charge in [-0.05, 0) is 42.2 Å². The summed E-state index contributed by atoms with van der Waals surface area (Å²) in [6.45, 7) is 8.59. The highest BCUT2D eigenvalue weighted by molar-refractivity contribution is 9.10. The smallest absolute Gasteiger partial charge is 0.335 e. The van der Waals surface area contributed by atoms with Crippen molar-refractivity contribution in [3.63, 3.8) is 0 Å². The van der Waals surface area contributed by atoms with Gasteiger partial charge in [0.15, 0.2) is 11.5 Å². The number of methoxy groups -OCH3 is 1. The van der Waals surface area contributed by atoms with Gasteiger partial charge in [0.2, 0.25) is 0 Å². The SMILES string of the molecule is CCC(CC)(c1ccc2c(c1)C(C)(C)[C@@H]1COc3c(OC)cc(Br)cc3[C@H]1N2)P(=O)(O)O. The van der Waals surface area contributed by atoms with Crippen LogP contribution in [0.15, 0.2) is 34.8 Å². The molecule has 8 heteroatoms. The number of ether oxygens (including phenoxy) is 2. The maximum absolute atomic E-state index is 12.5. The summed E-state index contributed by atoms with van der Waals surface area (Å²) in [6.07, 6.45) is 0.744.